The van der Waals surface area contributed by atoms with Gasteiger partial charge >= 0.3 is 140 Å². The number of hydrogen-bond donors (Lipinski definition) is 0. The van der Waals surface area contributed by atoms with Crippen molar-refractivity contribution in [3.05, 3.63) is 0 Å². The van der Waals surface area contributed by atoms with Crippen LogP contribution in [0.15, 0.2) is 0 Å². The summed E-state index contributed by atoms with van der Waals surface area (Å²) in [5, 5.41) is 0. The monoisotopic (exact) mass is 332 g/mol. The molecule has 0 nitrogen and oxygen atoms in total. The van der Waals surface area contributed by atoms with Crippen LogP contribution < -0.4 is 0 Å². The van der Waals surface area contributed by atoms with E-state index in [1.807, 2.05) is 0 Å². The Labute approximate surface area is 140 Å². The SMILES string of the molecule is CC(C)[CH](C)[Ti]([CH](C)C(C)C)([CH](C)C(C)C)[CH](C)C(C)C. The van der Waals surface area contributed by atoms with Crippen molar-refractivity contribution in [3.8, 4) is 0 Å². The predicted octanol–water partition coefficient (Wildman–Crippen LogP) is 8.00. The minimum absolute atomic E-state index is 0.827. The van der Waals surface area contributed by atoms with E-state index in [2.05, 4.69) is 83.1 Å². The fourth-order valence-electron chi connectivity index (χ4n) is 4.80. The molecule has 0 N–H and O–H groups in total. The van der Waals surface area contributed by atoms with Crippen LogP contribution in [-0.2, 0) is 16.6 Å². The molecule has 0 aromatic carbocycles. The molecule has 0 heterocycles. The fraction of sp³-hybridized carbons (Fsp3) is 1.00. The van der Waals surface area contributed by atoms with Gasteiger partial charge in [-0.05, 0) is 0 Å². The first-order chi connectivity index (χ1) is 9.42. The molecule has 0 bridgehead atoms. The van der Waals surface area contributed by atoms with Gasteiger partial charge in [-0.2, -0.15) is 0 Å². The number of rotatable bonds is 8. The zero-order valence-corrected chi connectivity index (χ0v) is 18.7. The molecule has 4 atom stereocenters. The van der Waals surface area contributed by atoms with Crippen molar-refractivity contribution < 1.29 is 16.6 Å². The maximum atomic E-state index is 2.61. The van der Waals surface area contributed by atoms with E-state index in [1.54, 1.807) is 0 Å². The van der Waals surface area contributed by atoms with E-state index in [9.17, 15) is 0 Å². The Hall–Kier alpha value is 0.714. The van der Waals surface area contributed by atoms with Crippen LogP contribution in [-0.4, -0.2) is 0 Å². The van der Waals surface area contributed by atoms with Crippen molar-refractivity contribution in [2.45, 2.75) is 100.0 Å². The van der Waals surface area contributed by atoms with Crippen molar-refractivity contribution in [1.82, 2.24) is 0 Å². The molecule has 0 rings (SSSR count). The van der Waals surface area contributed by atoms with E-state index in [0.717, 1.165) is 40.6 Å². The molecule has 0 aliphatic carbocycles. The summed E-state index contributed by atoms with van der Waals surface area (Å²) in [4.78, 5) is 0. The van der Waals surface area contributed by atoms with Crippen molar-refractivity contribution in [3.63, 3.8) is 0 Å². The first-order valence-corrected chi connectivity index (χ1v) is 13.0. The predicted molar refractivity (Wildman–Crippen MR) is 97.0 cm³/mol. The standard InChI is InChI=1S/4C5H11.Ti/c4*1-4-5(2)3;/h4*4-5H,1-3H3;. The van der Waals surface area contributed by atoms with Gasteiger partial charge in [-0.1, -0.05) is 0 Å². The fourth-order valence-corrected chi connectivity index (χ4v) is 19.8. The molecule has 0 fully saturated rings. The van der Waals surface area contributed by atoms with E-state index in [4.69, 9.17) is 0 Å². The van der Waals surface area contributed by atoms with Crippen LogP contribution in [0.25, 0.3) is 0 Å². The van der Waals surface area contributed by atoms with Gasteiger partial charge in [0.15, 0.2) is 0 Å². The summed E-state index contributed by atoms with van der Waals surface area (Å²) in [7, 11) is 0. The molecule has 0 radical (unpaired) electrons. The zero-order chi connectivity index (χ0) is 17.1. The van der Waals surface area contributed by atoms with Gasteiger partial charge < -0.3 is 0 Å². The van der Waals surface area contributed by atoms with Crippen molar-refractivity contribution >= 4 is 0 Å². The second-order valence-electron chi connectivity index (χ2n) is 9.13. The molecule has 0 aliphatic rings. The van der Waals surface area contributed by atoms with Crippen LogP contribution in [0.4, 0.5) is 0 Å². The van der Waals surface area contributed by atoms with Gasteiger partial charge in [0, 0.05) is 0 Å². The normalized spacial score (nSPS) is 21.7. The van der Waals surface area contributed by atoms with Crippen LogP contribution in [0.5, 0.6) is 0 Å². The van der Waals surface area contributed by atoms with Crippen LogP contribution >= 0.6 is 0 Å². The summed E-state index contributed by atoms with van der Waals surface area (Å²) in [6, 6.07) is 0. The minimum atomic E-state index is -2.12. The molecule has 4 unspecified atom stereocenters. The van der Waals surface area contributed by atoms with E-state index < -0.39 is 16.6 Å². The second-order valence-corrected chi connectivity index (χ2v) is 17.9. The van der Waals surface area contributed by atoms with Crippen molar-refractivity contribution in [1.29, 1.82) is 0 Å². The van der Waals surface area contributed by atoms with Gasteiger partial charge in [0.25, 0.3) is 0 Å². The third kappa shape index (κ3) is 4.38. The van der Waals surface area contributed by atoms with Gasteiger partial charge in [0.1, 0.15) is 0 Å². The van der Waals surface area contributed by atoms with Crippen LogP contribution in [0.3, 0.4) is 0 Å². The molecule has 0 spiro atoms. The summed E-state index contributed by atoms with van der Waals surface area (Å²) in [6.45, 7) is 30.2. The third-order valence-electron chi connectivity index (χ3n) is 7.15. The Kier molecular flexibility index (Phi) is 8.82. The van der Waals surface area contributed by atoms with Gasteiger partial charge in [-0.25, -0.2) is 0 Å². The third-order valence-corrected chi connectivity index (χ3v) is 21.2. The van der Waals surface area contributed by atoms with Crippen LogP contribution in [0.1, 0.15) is 83.1 Å². The summed E-state index contributed by atoms with van der Waals surface area (Å²) in [5.41, 5.74) is 0. The van der Waals surface area contributed by atoms with E-state index in [0.29, 0.717) is 0 Å². The average molecular weight is 332 g/mol. The molecule has 128 valence electrons. The summed E-state index contributed by atoms with van der Waals surface area (Å²) < 4.78 is 3.77. The summed E-state index contributed by atoms with van der Waals surface area (Å²) >= 11 is -2.12. The molecule has 0 aliphatic heterocycles. The summed E-state index contributed by atoms with van der Waals surface area (Å²) in [6.07, 6.45) is 0. The molecular weight excluding hydrogens is 288 g/mol. The molecule has 0 saturated heterocycles. The maximum absolute atomic E-state index is 2.61. The molecular formula is C20H44Ti. The molecule has 1 heteroatoms. The van der Waals surface area contributed by atoms with Crippen LogP contribution in [0, 0.1) is 23.7 Å². The molecule has 0 aromatic heterocycles. The van der Waals surface area contributed by atoms with Gasteiger partial charge in [-0.15, -0.1) is 0 Å². The van der Waals surface area contributed by atoms with Gasteiger partial charge in [0.2, 0.25) is 0 Å². The van der Waals surface area contributed by atoms with Crippen molar-refractivity contribution in [2.24, 2.45) is 23.7 Å². The van der Waals surface area contributed by atoms with E-state index >= 15 is 0 Å². The molecule has 0 saturated carbocycles. The Morgan fingerprint density at radius 1 is 0.333 bits per heavy atom. The first kappa shape index (κ1) is 21.7. The second kappa shape index (κ2) is 8.53. The Bertz CT molecular complexity index is 229. The molecule has 21 heavy (non-hydrogen) atoms. The van der Waals surface area contributed by atoms with E-state index in [1.165, 1.54) is 0 Å². The summed E-state index contributed by atoms with van der Waals surface area (Å²) in [5.74, 6) is 3.31. The Balaban J connectivity index is 6.20. The zero-order valence-electron chi connectivity index (χ0n) is 17.1. The van der Waals surface area contributed by atoms with E-state index in [-0.39, 0.29) is 0 Å². The quantitative estimate of drug-likeness (QED) is 0.395. The Morgan fingerprint density at radius 3 is 0.571 bits per heavy atom. The van der Waals surface area contributed by atoms with Crippen molar-refractivity contribution in [2.75, 3.05) is 0 Å². The molecule has 0 aromatic rings. The number of hydrogen-bond acceptors (Lipinski definition) is 0. The average Bonchev–Trinajstić information content (AvgIpc) is 2.37. The first-order valence-electron chi connectivity index (χ1n) is 9.42. The van der Waals surface area contributed by atoms with Crippen LogP contribution in [0.2, 0.25) is 16.9 Å². The van der Waals surface area contributed by atoms with Gasteiger partial charge in [-0.3, -0.25) is 0 Å². The topological polar surface area (TPSA) is 0 Å². The Morgan fingerprint density at radius 2 is 0.476 bits per heavy atom. The molecule has 0 amide bonds. The van der Waals surface area contributed by atoms with Gasteiger partial charge in [0.05, 0.1) is 0 Å².